The Kier molecular flexibility index (Phi) is 10.6. The standard InChI is InChI=1S/C38H46Cl2N6O6/c1-8-43-13-15-44(16-14-43)24-9-10-27(26(41)18-24)45(36(48)52-37(2,3)4)31-19-28-23(21-42-31)17-25(35(47)46(28)38(11-12-38)22-49-5)32-33(39)29(50-6)20-30(51-7)34(32)40/h9-10,17-21H,8,11-16,22,41H2,1-7H3. The van der Waals surface area contributed by atoms with Gasteiger partial charge in [0.1, 0.15) is 22.9 Å². The second-order valence-corrected chi connectivity index (χ2v) is 15.0. The van der Waals surface area contributed by atoms with E-state index in [1.54, 1.807) is 56.8 Å². The molecule has 2 fully saturated rings. The van der Waals surface area contributed by atoms with E-state index in [2.05, 4.69) is 16.7 Å². The minimum atomic E-state index is -0.816. The van der Waals surface area contributed by atoms with Crippen LogP contribution in [0.25, 0.3) is 22.0 Å². The summed E-state index contributed by atoms with van der Waals surface area (Å²) in [4.78, 5) is 39.6. The minimum Gasteiger partial charge on any atom is -0.495 e. The third kappa shape index (κ3) is 7.09. The van der Waals surface area contributed by atoms with Crippen LogP contribution in [0.4, 0.5) is 27.7 Å². The summed E-state index contributed by atoms with van der Waals surface area (Å²) in [6.45, 7) is 12.5. The number of nitrogens with two attached hydrogens (primary N) is 1. The first-order valence-corrected chi connectivity index (χ1v) is 18.1. The van der Waals surface area contributed by atoms with Gasteiger partial charge in [0.05, 0.1) is 58.9 Å². The first kappa shape index (κ1) is 37.5. The van der Waals surface area contributed by atoms with Crippen molar-refractivity contribution >= 4 is 63.1 Å². The van der Waals surface area contributed by atoms with Crippen molar-refractivity contribution < 1.29 is 23.7 Å². The predicted octanol–water partition coefficient (Wildman–Crippen LogP) is 7.32. The van der Waals surface area contributed by atoms with Crippen LogP contribution in [-0.4, -0.2) is 86.8 Å². The van der Waals surface area contributed by atoms with Gasteiger partial charge in [-0.25, -0.2) is 14.7 Å². The van der Waals surface area contributed by atoms with Gasteiger partial charge in [-0.15, -0.1) is 0 Å². The number of hydrogen-bond donors (Lipinski definition) is 1. The summed E-state index contributed by atoms with van der Waals surface area (Å²) in [6, 6.07) is 10.6. The highest BCUT2D eigenvalue weighted by molar-refractivity contribution is 6.41. The van der Waals surface area contributed by atoms with E-state index in [4.69, 9.17) is 52.9 Å². The number of fused-ring (bicyclic) bond motifs is 1. The lowest BCUT2D eigenvalue weighted by molar-refractivity contribution is 0.0598. The molecule has 52 heavy (non-hydrogen) atoms. The molecule has 6 rings (SSSR count). The number of carbonyl (C=O) groups excluding carboxylic acids is 1. The summed E-state index contributed by atoms with van der Waals surface area (Å²) in [5.41, 5.74) is 7.71. The van der Waals surface area contributed by atoms with Crippen molar-refractivity contribution in [1.82, 2.24) is 14.5 Å². The van der Waals surface area contributed by atoms with Crippen molar-refractivity contribution in [3.8, 4) is 22.6 Å². The molecule has 0 radical (unpaired) electrons. The summed E-state index contributed by atoms with van der Waals surface area (Å²) in [7, 11) is 4.56. The number of nitrogen functional groups attached to an aromatic ring is 1. The zero-order chi connectivity index (χ0) is 37.5. The van der Waals surface area contributed by atoms with Crippen molar-refractivity contribution in [3.63, 3.8) is 0 Å². The Morgan fingerprint density at radius 3 is 2.17 bits per heavy atom. The third-order valence-corrected chi connectivity index (χ3v) is 10.4. The van der Waals surface area contributed by atoms with E-state index >= 15 is 0 Å². The Bertz CT molecular complexity index is 2020. The highest BCUT2D eigenvalue weighted by Crippen LogP contribution is 2.48. The summed E-state index contributed by atoms with van der Waals surface area (Å²) in [6.07, 6.45) is 2.33. The Morgan fingerprint density at radius 2 is 1.63 bits per heavy atom. The van der Waals surface area contributed by atoms with Gasteiger partial charge in [0.2, 0.25) is 0 Å². The first-order chi connectivity index (χ1) is 24.7. The number of pyridine rings is 2. The van der Waals surface area contributed by atoms with Crippen LogP contribution in [0.5, 0.6) is 11.5 Å². The molecule has 1 amide bonds. The first-order valence-electron chi connectivity index (χ1n) is 17.3. The molecule has 1 saturated carbocycles. The van der Waals surface area contributed by atoms with Crippen LogP contribution < -0.4 is 30.6 Å². The van der Waals surface area contributed by atoms with Gasteiger partial charge in [-0.3, -0.25) is 9.36 Å². The number of nitrogens with zero attached hydrogens (tertiary/aromatic N) is 5. The molecule has 1 aliphatic carbocycles. The van der Waals surface area contributed by atoms with Crippen molar-refractivity contribution in [3.05, 3.63) is 63.0 Å². The molecule has 2 aromatic heterocycles. The highest BCUT2D eigenvalue weighted by atomic mass is 35.5. The average Bonchev–Trinajstić information content (AvgIpc) is 3.88. The zero-order valence-electron chi connectivity index (χ0n) is 30.7. The van der Waals surface area contributed by atoms with E-state index in [1.165, 1.54) is 19.1 Å². The van der Waals surface area contributed by atoms with Gasteiger partial charge in [0.25, 0.3) is 5.56 Å². The number of ether oxygens (including phenoxy) is 4. The smallest absolute Gasteiger partial charge is 0.420 e. The maximum atomic E-state index is 14.8. The molecule has 0 unspecified atom stereocenters. The molecule has 14 heteroatoms. The average molecular weight is 754 g/mol. The number of amides is 1. The lowest BCUT2D eigenvalue weighted by Crippen LogP contribution is -2.46. The lowest BCUT2D eigenvalue weighted by atomic mass is 10.0. The van der Waals surface area contributed by atoms with Gasteiger partial charge in [-0.1, -0.05) is 30.1 Å². The number of piperazine rings is 1. The Labute approximate surface area is 313 Å². The third-order valence-electron chi connectivity index (χ3n) is 9.67. The van der Waals surface area contributed by atoms with E-state index in [-0.39, 0.29) is 39.2 Å². The molecule has 4 aromatic rings. The number of hydrogen-bond acceptors (Lipinski definition) is 10. The van der Waals surface area contributed by atoms with E-state index in [0.29, 0.717) is 46.6 Å². The van der Waals surface area contributed by atoms with E-state index in [0.717, 1.165) is 38.4 Å². The van der Waals surface area contributed by atoms with Crippen LogP contribution in [0.2, 0.25) is 10.0 Å². The molecular formula is C38H46Cl2N6O6. The number of halogens is 2. The Morgan fingerprint density at radius 1 is 0.981 bits per heavy atom. The summed E-state index contributed by atoms with van der Waals surface area (Å²) < 4.78 is 24.3. The molecule has 12 nitrogen and oxygen atoms in total. The molecule has 278 valence electrons. The quantitative estimate of drug-likeness (QED) is 0.165. The van der Waals surface area contributed by atoms with Crippen molar-refractivity contribution in [2.75, 3.05) is 76.2 Å². The van der Waals surface area contributed by atoms with Crippen LogP contribution >= 0.6 is 23.2 Å². The van der Waals surface area contributed by atoms with E-state index < -0.39 is 17.2 Å². The van der Waals surface area contributed by atoms with Crippen molar-refractivity contribution in [2.24, 2.45) is 0 Å². The monoisotopic (exact) mass is 752 g/mol. The topological polar surface area (TPSA) is 125 Å². The zero-order valence-corrected chi connectivity index (χ0v) is 32.2. The van der Waals surface area contributed by atoms with Crippen LogP contribution in [-0.2, 0) is 15.0 Å². The molecule has 1 saturated heterocycles. The number of methoxy groups -OCH3 is 3. The number of rotatable bonds is 10. The maximum absolute atomic E-state index is 14.8. The summed E-state index contributed by atoms with van der Waals surface area (Å²) in [5.74, 6) is 0.830. The van der Waals surface area contributed by atoms with Gasteiger partial charge in [0.15, 0.2) is 0 Å². The van der Waals surface area contributed by atoms with Crippen molar-refractivity contribution in [2.45, 2.75) is 51.7 Å². The van der Waals surface area contributed by atoms with Crippen LogP contribution in [0.1, 0.15) is 40.5 Å². The van der Waals surface area contributed by atoms with E-state index in [9.17, 15) is 9.59 Å². The molecule has 3 heterocycles. The molecular weight excluding hydrogens is 707 g/mol. The Balaban J connectivity index is 1.54. The largest absolute Gasteiger partial charge is 0.495 e. The number of benzene rings is 2. The van der Waals surface area contributed by atoms with Crippen molar-refractivity contribution in [1.29, 1.82) is 0 Å². The van der Waals surface area contributed by atoms with Gasteiger partial charge in [-0.05, 0) is 64.4 Å². The molecule has 0 atom stereocenters. The minimum absolute atomic E-state index is 0.166. The van der Waals surface area contributed by atoms with Crippen LogP contribution in [0.15, 0.2) is 47.4 Å². The molecule has 1 aliphatic heterocycles. The molecule has 2 aromatic carbocycles. The van der Waals surface area contributed by atoms with Gasteiger partial charge in [0, 0.05) is 68.3 Å². The van der Waals surface area contributed by atoms with Crippen LogP contribution in [0.3, 0.4) is 0 Å². The van der Waals surface area contributed by atoms with Crippen LogP contribution in [0, 0.1) is 0 Å². The number of carbonyl (C=O) groups is 1. The lowest BCUT2D eigenvalue weighted by Gasteiger charge is -2.36. The van der Waals surface area contributed by atoms with Gasteiger partial charge in [-0.2, -0.15) is 0 Å². The maximum Gasteiger partial charge on any atom is 0.420 e. The fraction of sp³-hybridized carbons (Fsp3) is 0.447. The predicted molar refractivity (Wildman–Crippen MR) is 207 cm³/mol. The van der Waals surface area contributed by atoms with Gasteiger partial charge >= 0.3 is 6.09 Å². The SMILES string of the molecule is CCN1CCN(c2ccc(N(C(=O)OC(C)(C)C)c3cc4c(cn3)cc(-c3c(Cl)c(OC)cc(OC)c3Cl)c(=O)n4C3(COC)CC3)c(N)c2)CC1. The number of likely N-dealkylation sites (N-methyl/N-ethyl adjacent to an activating group) is 1. The number of aromatic nitrogens is 2. The highest BCUT2D eigenvalue weighted by Gasteiger charge is 2.47. The normalized spacial score (nSPS) is 15.8. The molecule has 0 bridgehead atoms. The summed E-state index contributed by atoms with van der Waals surface area (Å²) in [5, 5.41) is 0.938. The fourth-order valence-electron chi connectivity index (χ4n) is 6.82. The summed E-state index contributed by atoms with van der Waals surface area (Å²) >= 11 is 13.7. The molecule has 2 aliphatic rings. The molecule has 0 spiro atoms. The molecule has 2 N–H and O–H groups in total. The van der Waals surface area contributed by atoms with E-state index in [1.807, 2.05) is 18.2 Å². The fourth-order valence-corrected chi connectivity index (χ4v) is 7.53. The second-order valence-electron chi connectivity index (χ2n) is 14.2. The van der Waals surface area contributed by atoms with Gasteiger partial charge < -0.3 is 34.5 Å². The second kappa shape index (κ2) is 14.7. The Hall–Kier alpha value is -4.23. The number of anilines is 4.